The van der Waals surface area contributed by atoms with Gasteiger partial charge in [-0.2, -0.15) is 0 Å². The molecule has 7 heteroatoms. The number of thiocarbonyl (C=S) groups is 2. The van der Waals surface area contributed by atoms with E-state index in [9.17, 15) is 0 Å². The van der Waals surface area contributed by atoms with Gasteiger partial charge in [-0.05, 0) is 36.3 Å². The molecular weight excluding hydrogens is 310 g/mol. The van der Waals surface area contributed by atoms with Crippen molar-refractivity contribution < 1.29 is 29.0 Å². The smallest absolute Gasteiger partial charge is 0.253 e. The van der Waals surface area contributed by atoms with Gasteiger partial charge in [-0.15, -0.1) is 0 Å². The molecule has 0 aromatic heterocycles. The molecule has 0 aliphatic carbocycles. The SMILES string of the molecule is CC(C)COC(N)=S.CC(C)COC(N)=S.[Zn]. The van der Waals surface area contributed by atoms with Crippen LogP contribution in [0.1, 0.15) is 27.7 Å². The first-order valence-corrected chi connectivity index (χ1v) is 5.91. The topological polar surface area (TPSA) is 70.5 Å². The van der Waals surface area contributed by atoms with Crippen LogP contribution in [0.4, 0.5) is 0 Å². The zero-order valence-corrected chi connectivity index (χ0v) is 15.7. The van der Waals surface area contributed by atoms with Crippen LogP contribution in [0.15, 0.2) is 0 Å². The Bertz CT molecular complexity index is 192. The van der Waals surface area contributed by atoms with E-state index < -0.39 is 0 Å². The fourth-order valence-electron chi connectivity index (χ4n) is 0.498. The summed E-state index contributed by atoms with van der Waals surface area (Å²) in [5.41, 5.74) is 10.1. The monoisotopic (exact) mass is 330 g/mol. The Morgan fingerprint density at radius 1 is 0.882 bits per heavy atom. The standard InChI is InChI=1S/2C5H11NOS.Zn/c2*1-4(2)3-7-5(6)8;/h2*4H,3H2,1-2H3,(H2,6,8);. The Morgan fingerprint density at radius 2 is 1.12 bits per heavy atom. The van der Waals surface area contributed by atoms with Gasteiger partial charge in [0.25, 0.3) is 10.3 Å². The van der Waals surface area contributed by atoms with Crippen molar-refractivity contribution in [1.29, 1.82) is 0 Å². The first-order valence-electron chi connectivity index (χ1n) is 5.10. The molecule has 0 heterocycles. The Kier molecular flexibility index (Phi) is 18.4. The average molecular weight is 332 g/mol. The van der Waals surface area contributed by atoms with Gasteiger partial charge in [0.05, 0.1) is 13.2 Å². The second kappa shape index (κ2) is 14.1. The van der Waals surface area contributed by atoms with Gasteiger partial charge in [0.15, 0.2) is 0 Å². The summed E-state index contributed by atoms with van der Waals surface area (Å²) in [4.78, 5) is 0. The molecule has 0 unspecified atom stereocenters. The van der Waals surface area contributed by atoms with Crippen molar-refractivity contribution in [2.75, 3.05) is 13.2 Å². The molecule has 0 rings (SSSR count). The van der Waals surface area contributed by atoms with Gasteiger partial charge >= 0.3 is 0 Å². The molecule has 0 spiro atoms. The molecule has 0 saturated carbocycles. The molecule has 0 radical (unpaired) electrons. The van der Waals surface area contributed by atoms with Crippen molar-refractivity contribution in [3.05, 3.63) is 0 Å². The molecule has 0 aliphatic rings. The van der Waals surface area contributed by atoms with Crippen molar-refractivity contribution in [1.82, 2.24) is 0 Å². The van der Waals surface area contributed by atoms with Crippen LogP contribution in [0.3, 0.4) is 0 Å². The van der Waals surface area contributed by atoms with E-state index in [1.54, 1.807) is 0 Å². The molecule has 0 atom stereocenters. The number of ether oxygens (including phenoxy) is 2. The summed E-state index contributed by atoms with van der Waals surface area (Å²) in [7, 11) is 0. The second-order valence-electron chi connectivity index (χ2n) is 4.05. The Morgan fingerprint density at radius 3 is 1.18 bits per heavy atom. The second-order valence-corrected chi connectivity index (χ2v) is 4.85. The maximum atomic E-state index is 5.05. The van der Waals surface area contributed by atoms with E-state index in [0.717, 1.165) is 0 Å². The van der Waals surface area contributed by atoms with Crippen molar-refractivity contribution in [2.45, 2.75) is 27.7 Å². The molecule has 0 aromatic carbocycles. The van der Waals surface area contributed by atoms with E-state index in [2.05, 4.69) is 24.4 Å². The van der Waals surface area contributed by atoms with E-state index in [-0.39, 0.29) is 29.8 Å². The van der Waals surface area contributed by atoms with Crippen molar-refractivity contribution in [3.8, 4) is 0 Å². The van der Waals surface area contributed by atoms with Crippen LogP contribution < -0.4 is 11.5 Å². The quantitative estimate of drug-likeness (QED) is 0.604. The zero-order valence-electron chi connectivity index (χ0n) is 11.1. The first-order chi connectivity index (χ1) is 7.25. The van der Waals surface area contributed by atoms with E-state index in [4.69, 9.17) is 20.9 Å². The van der Waals surface area contributed by atoms with Gasteiger partial charge in [-0.1, -0.05) is 27.7 Å². The predicted molar refractivity (Wildman–Crippen MR) is 75.2 cm³/mol. The summed E-state index contributed by atoms with van der Waals surface area (Å²) >= 11 is 8.94. The Balaban J connectivity index is -0.000000218. The summed E-state index contributed by atoms with van der Waals surface area (Å²) in [5.74, 6) is 0.994. The number of rotatable bonds is 4. The Labute approximate surface area is 128 Å². The van der Waals surface area contributed by atoms with Gasteiger partial charge in [0.2, 0.25) is 0 Å². The molecule has 4 nitrogen and oxygen atoms in total. The third-order valence-corrected chi connectivity index (χ3v) is 1.35. The minimum absolute atomic E-state index is 0. The number of hydrogen-bond donors (Lipinski definition) is 2. The van der Waals surface area contributed by atoms with Gasteiger partial charge in [0, 0.05) is 19.5 Å². The number of hydrogen-bond acceptors (Lipinski definition) is 4. The maximum absolute atomic E-state index is 5.05. The largest absolute Gasteiger partial charge is 0.471 e. The number of nitrogens with two attached hydrogens (primary N) is 2. The predicted octanol–water partition coefficient (Wildman–Crippen LogP) is 1.80. The van der Waals surface area contributed by atoms with E-state index in [1.165, 1.54) is 0 Å². The van der Waals surface area contributed by atoms with Crippen LogP contribution in [0.5, 0.6) is 0 Å². The molecule has 0 fully saturated rings. The van der Waals surface area contributed by atoms with Gasteiger partial charge in [-0.3, -0.25) is 0 Å². The molecule has 98 valence electrons. The van der Waals surface area contributed by atoms with Crippen LogP contribution in [0.25, 0.3) is 0 Å². The minimum Gasteiger partial charge on any atom is -0.471 e. The van der Waals surface area contributed by atoms with Gasteiger partial charge in [0.1, 0.15) is 0 Å². The summed E-state index contributed by atoms with van der Waals surface area (Å²) in [6.45, 7) is 9.40. The van der Waals surface area contributed by atoms with Gasteiger partial charge < -0.3 is 20.9 Å². The molecular formula is C10H22N2O2S2Zn. The summed E-state index contributed by atoms with van der Waals surface area (Å²) < 4.78 is 9.62. The molecule has 0 aliphatic heterocycles. The molecule has 0 amide bonds. The van der Waals surface area contributed by atoms with Crippen molar-refractivity contribution in [3.63, 3.8) is 0 Å². The molecule has 0 saturated heterocycles. The summed E-state index contributed by atoms with van der Waals surface area (Å²) in [6, 6.07) is 0. The van der Waals surface area contributed by atoms with Crippen LogP contribution >= 0.6 is 24.4 Å². The fraction of sp³-hybridized carbons (Fsp3) is 0.800. The molecule has 4 N–H and O–H groups in total. The van der Waals surface area contributed by atoms with Crippen molar-refractivity contribution >= 4 is 34.8 Å². The van der Waals surface area contributed by atoms with Crippen LogP contribution in [-0.2, 0) is 29.0 Å². The normalized spacial score (nSPS) is 8.82. The molecule has 0 aromatic rings. The van der Waals surface area contributed by atoms with Crippen LogP contribution in [-0.4, -0.2) is 23.6 Å². The third kappa shape index (κ3) is 31.4. The minimum atomic E-state index is 0. The van der Waals surface area contributed by atoms with Gasteiger partial charge in [-0.25, -0.2) is 0 Å². The zero-order chi connectivity index (χ0) is 13.1. The average Bonchev–Trinajstić information content (AvgIpc) is 2.12. The van der Waals surface area contributed by atoms with E-state index in [1.807, 2.05) is 27.7 Å². The molecule has 17 heavy (non-hydrogen) atoms. The maximum Gasteiger partial charge on any atom is 0.253 e. The Hall–Kier alpha value is 0.00338. The van der Waals surface area contributed by atoms with Crippen LogP contribution in [0.2, 0.25) is 0 Å². The van der Waals surface area contributed by atoms with E-state index in [0.29, 0.717) is 25.0 Å². The third-order valence-electron chi connectivity index (χ3n) is 1.12. The van der Waals surface area contributed by atoms with Crippen molar-refractivity contribution in [2.24, 2.45) is 23.3 Å². The fourth-order valence-corrected chi connectivity index (χ4v) is 0.634. The first kappa shape index (κ1) is 22.2. The van der Waals surface area contributed by atoms with E-state index >= 15 is 0 Å². The molecule has 0 bridgehead atoms. The van der Waals surface area contributed by atoms with Crippen LogP contribution in [0, 0.1) is 11.8 Å². The summed E-state index contributed by atoms with van der Waals surface area (Å²) in [5, 5.41) is 0.275. The summed E-state index contributed by atoms with van der Waals surface area (Å²) in [6.07, 6.45) is 0.